The largest absolute Gasteiger partial charge is 0.490 e. The second-order valence-electron chi connectivity index (χ2n) is 10.4. The number of carbonyl (C=O) groups excluding carboxylic acids is 1. The van der Waals surface area contributed by atoms with E-state index in [4.69, 9.17) is 9.57 Å². The third kappa shape index (κ3) is 3.54. The van der Waals surface area contributed by atoms with Crippen molar-refractivity contribution in [2.75, 3.05) is 6.61 Å². The molecule has 4 nitrogen and oxygen atoms in total. The summed E-state index contributed by atoms with van der Waals surface area (Å²) in [6.45, 7) is 7.26. The average molecular weight is 430 g/mol. The highest BCUT2D eigenvalue weighted by Crippen LogP contribution is 2.65. The van der Waals surface area contributed by atoms with Gasteiger partial charge < -0.3 is 9.57 Å². The van der Waals surface area contributed by atoms with Gasteiger partial charge in [0.05, 0.1) is 5.71 Å². The van der Waals surface area contributed by atoms with E-state index in [0.29, 0.717) is 43.1 Å². The highest BCUT2D eigenvalue weighted by Gasteiger charge is 2.60. The Hall–Kier alpha value is -1.27. The van der Waals surface area contributed by atoms with Gasteiger partial charge in [-0.2, -0.15) is 13.2 Å². The number of ether oxygens (including phenoxy) is 1. The van der Waals surface area contributed by atoms with Gasteiger partial charge in [0.2, 0.25) is 0 Å². The second kappa shape index (κ2) is 7.70. The molecule has 0 N–H and O–H groups in total. The van der Waals surface area contributed by atoms with Crippen molar-refractivity contribution in [1.29, 1.82) is 0 Å². The lowest BCUT2D eigenvalue weighted by Gasteiger charge is -2.60. The molecular formula is C23H34F3NO3. The van der Waals surface area contributed by atoms with Crippen LogP contribution in [-0.2, 0) is 14.4 Å². The third-order valence-corrected chi connectivity index (χ3v) is 9.17. The van der Waals surface area contributed by atoms with Gasteiger partial charge in [0.1, 0.15) is 12.7 Å². The molecule has 0 spiro atoms. The number of hydrogen-bond donors (Lipinski definition) is 0. The minimum absolute atomic E-state index is 0.124. The maximum absolute atomic E-state index is 12.6. The summed E-state index contributed by atoms with van der Waals surface area (Å²) in [5.41, 5.74) is 1.48. The summed E-state index contributed by atoms with van der Waals surface area (Å²) < 4.78 is 42.7. The number of oxime groups is 1. The predicted molar refractivity (Wildman–Crippen MR) is 107 cm³/mol. The number of alkyl halides is 3. The summed E-state index contributed by atoms with van der Waals surface area (Å²) in [5, 5.41) is 4.47. The van der Waals surface area contributed by atoms with Crippen LogP contribution in [0.25, 0.3) is 0 Å². The standard InChI is InChI=1S/C23H34F3NO3/c1-4-29-27-19-8-7-17-16-6-5-14-13-15(30-20(28)23(24,25)26)9-11-21(14,2)18(16)10-12-22(17,19)3/h14-18H,4-13H2,1-3H3/b27-19+. The maximum Gasteiger partial charge on any atom is 0.490 e. The minimum atomic E-state index is -4.91. The number of nitrogens with zero attached hydrogens (tertiary/aromatic N) is 1. The topological polar surface area (TPSA) is 47.9 Å². The number of halogens is 3. The Morgan fingerprint density at radius 3 is 2.57 bits per heavy atom. The van der Waals surface area contributed by atoms with Crippen molar-refractivity contribution in [3.63, 3.8) is 0 Å². The first-order valence-electron chi connectivity index (χ1n) is 11.6. The fourth-order valence-electron chi connectivity index (χ4n) is 7.63. The number of hydrogen-bond acceptors (Lipinski definition) is 4. The minimum Gasteiger partial charge on any atom is -0.456 e. The van der Waals surface area contributed by atoms with Crippen LogP contribution in [0.3, 0.4) is 0 Å². The van der Waals surface area contributed by atoms with E-state index in [1.807, 2.05) is 6.92 Å². The van der Waals surface area contributed by atoms with Crippen molar-refractivity contribution in [1.82, 2.24) is 0 Å². The first-order valence-corrected chi connectivity index (χ1v) is 11.6. The Kier molecular flexibility index (Phi) is 5.63. The fourth-order valence-corrected chi connectivity index (χ4v) is 7.63. The molecule has 0 heterocycles. The van der Waals surface area contributed by atoms with E-state index in [2.05, 4.69) is 19.0 Å². The number of esters is 1. The summed E-state index contributed by atoms with van der Waals surface area (Å²) in [6, 6.07) is 0. The molecule has 30 heavy (non-hydrogen) atoms. The lowest BCUT2D eigenvalue weighted by atomic mass is 9.45. The van der Waals surface area contributed by atoms with Crippen molar-refractivity contribution in [3.05, 3.63) is 0 Å². The summed E-state index contributed by atoms with van der Waals surface area (Å²) in [5.74, 6) is 0.161. The molecule has 0 aromatic carbocycles. The fraction of sp³-hybridized carbons (Fsp3) is 0.913. The van der Waals surface area contributed by atoms with Crippen molar-refractivity contribution in [2.45, 2.75) is 90.8 Å². The van der Waals surface area contributed by atoms with E-state index in [0.717, 1.165) is 44.9 Å². The van der Waals surface area contributed by atoms with Crippen LogP contribution < -0.4 is 0 Å². The Morgan fingerprint density at radius 2 is 1.87 bits per heavy atom. The summed E-state index contributed by atoms with van der Waals surface area (Å²) in [7, 11) is 0. The van der Waals surface area contributed by atoms with Crippen LogP contribution in [0.5, 0.6) is 0 Å². The molecule has 0 bridgehead atoms. The van der Waals surface area contributed by atoms with Crippen molar-refractivity contribution in [2.24, 2.45) is 39.7 Å². The summed E-state index contributed by atoms with van der Waals surface area (Å²) in [4.78, 5) is 16.7. The van der Waals surface area contributed by atoms with Crippen molar-refractivity contribution < 1.29 is 27.5 Å². The van der Waals surface area contributed by atoms with Crippen LogP contribution in [0.4, 0.5) is 13.2 Å². The summed E-state index contributed by atoms with van der Waals surface area (Å²) >= 11 is 0. The Morgan fingerprint density at radius 1 is 1.10 bits per heavy atom. The Labute approximate surface area is 176 Å². The molecule has 4 fully saturated rings. The maximum atomic E-state index is 12.6. The van der Waals surface area contributed by atoms with E-state index in [-0.39, 0.29) is 10.8 Å². The molecule has 4 aliphatic rings. The van der Waals surface area contributed by atoms with E-state index in [1.54, 1.807) is 0 Å². The number of rotatable bonds is 3. The first-order chi connectivity index (χ1) is 14.1. The van der Waals surface area contributed by atoms with Gasteiger partial charge in [0.25, 0.3) is 0 Å². The number of carbonyl (C=O) groups is 1. The molecule has 0 radical (unpaired) electrons. The normalized spacial score (nSPS) is 44.7. The monoisotopic (exact) mass is 429 g/mol. The van der Waals surface area contributed by atoms with Gasteiger partial charge in [-0.1, -0.05) is 19.0 Å². The van der Waals surface area contributed by atoms with Gasteiger partial charge >= 0.3 is 12.1 Å². The second-order valence-corrected chi connectivity index (χ2v) is 10.4. The molecule has 4 rings (SSSR count). The molecule has 0 amide bonds. The van der Waals surface area contributed by atoms with E-state index in [1.165, 1.54) is 5.71 Å². The van der Waals surface area contributed by atoms with E-state index in [9.17, 15) is 18.0 Å². The molecule has 7 heteroatoms. The Bertz CT molecular complexity index is 708. The van der Waals surface area contributed by atoms with Gasteiger partial charge in [0, 0.05) is 5.41 Å². The van der Waals surface area contributed by atoms with Crippen LogP contribution in [-0.4, -0.2) is 30.6 Å². The average Bonchev–Trinajstić information content (AvgIpc) is 3.02. The highest BCUT2D eigenvalue weighted by molar-refractivity contribution is 5.92. The Balaban J connectivity index is 1.47. The van der Waals surface area contributed by atoms with Crippen LogP contribution >= 0.6 is 0 Å². The van der Waals surface area contributed by atoms with Gasteiger partial charge in [-0.3, -0.25) is 0 Å². The first kappa shape index (κ1) is 21.9. The zero-order valence-electron chi connectivity index (χ0n) is 18.3. The lowest BCUT2D eigenvalue weighted by Crippen LogP contribution is -2.54. The smallest absolute Gasteiger partial charge is 0.456 e. The lowest BCUT2D eigenvalue weighted by molar-refractivity contribution is -0.210. The molecule has 4 aliphatic carbocycles. The zero-order valence-corrected chi connectivity index (χ0v) is 18.3. The molecule has 7 atom stereocenters. The van der Waals surface area contributed by atoms with E-state index >= 15 is 0 Å². The molecule has 4 saturated carbocycles. The highest BCUT2D eigenvalue weighted by atomic mass is 19.4. The zero-order chi connectivity index (χ0) is 21.7. The molecule has 0 aromatic rings. The molecule has 170 valence electrons. The predicted octanol–water partition coefficient (Wildman–Crippen LogP) is 5.90. The van der Waals surface area contributed by atoms with Gasteiger partial charge in [0.15, 0.2) is 0 Å². The molecule has 0 saturated heterocycles. The van der Waals surface area contributed by atoms with Crippen molar-refractivity contribution in [3.8, 4) is 0 Å². The SMILES string of the molecule is CCO/N=C1\CCC2C3CCC4CC(OC(=O)C(F)(F)F)CCC4(C)C3CCC12C. The summed E-state index contributed by atoms with van der Waals surface area (Å²) in [6.07, 6.45) is 3.01. The molecule has 0 aliphatic heterocycles. The van der Waals surface area contributed by atoms with Crippen LogP contribution in [0.2, 0.25) is 0 Å². The molecule has 7 unspecified atom stereocenters. The van der Waals surface area contributed by atoms with Crippen LogP contribution in [0.1, 0.15) is 78.6 Å². The van der Waals surface area contributed by atoms with Crippen LogP contribution in [0.15, 0.2) is 5.16 Å². The third-order valence-electron chi connectivity index (χ3n) is 9.17. The quantitative estimate of drug-likeness (QED) is 0.415. The van der Waals surface area contributed by atoms with Gasteiger partial charge in [-0.25, -0.2) is 4.79 Å². The van der Waals surface area contributed by atoms with Gasteiger partial charge in [-0.15, -0.1) is 0 Å². The molecule has 0 aromatic heterocycles. The van der Waals surface area contributed by atoms with Crippen LogP contribution in [0, 0.1) is 34.5 Å². The van der Waals surface area contributed by atoms with Gasteiger partial charge in [-0.05, 0) is 93.8 Å². The van der Waals surface area contributed by atoms with E-state index < -0.39 is 18.2 Å². The van der Waals surface area contributed by atoms with Crippen molar-refractivity contribution >= 4 is 11.7 Å². The number of fused-ring (bicyclic) bond motifs is 5. The molecular weight excluding hydrogens is 395 g/mol.